The van der Waals surface area contributed by atoms with Crippen molar-refractivity contribution in [2.45, 2.75) is 60.3 Å². The molecule has 0 heterocycles. The number of rotatable bonds is 8. The molecule has 0 heteroatoms. The van der Waals surface area contributed by atoms with Crippen LogP contribution in [0.2, 0.25) is 0 Å². The van der Waals surface area contributed by atoms with Crippen LogP contribution in [0.4, 0.5) is 0 Å². The minimum Gasteiger partial charge on any atom is -0.120 e. The lowest BCUT2D eigenvalue weighted by atomic mass is 9.93. The van der Waals surface area contributed by atoms with Gasteiger partial charge in [0.05, 0.1) is 0 Å². The van der Waals surface area contributed by atoms with E-state index >= 15 is 0 Å². The Kier molecular flexibility index (Phi) is 8.96. The lowest BCUT2D eigenvalue weighted by Crippen LogP contribution is -2.03. The first kappa shape index (κ1) is 16.3. The average Bonchev–Trinajstić information content (AvgIpc) is 2.34. The molecule has 0 aliphatic carbocycles. The predicted molar refractivity (Wildman–Crippen MR) is 78.8 cm³/mol. The average molecular weight is 234 g/mol. The van der Waals surface area contributed by atoms with Crippen molar-refractivity contribution in [3.8, 4) is 12.3 Å². The highest BCUT2D eigenvalue weighted by atomic mass is 14.1. The summed E-state index contributed by atoms with van der Waals surface area (Å²) in [7, 11) is 0. The molecule has 0 rings (SSSR count). The van der Waals surface area contributed by atoms with E-state index in [-0.39, 0.29) is 0 Å². The molecule has 0 N–H and O–H groups in total. The Morgan fingerprint density at radius 2 is 1.71 bits per heavy atom. The van der Waals surface area contributed by atoms with Crippen LogP contribution in [-0.4, -0.2) is 0 Å². The van der Waals surface area contributed by atoms with Crippen LogP contribution in [0.3, 0.4) is 0 Å². The smallest absolute Gasteiger partial charge is 0.0232 e. The van der Waals surface area contributed by atoms with Crippen molar-refractivity contribution in [1.29, 1.82) is 0 Å². The summed E-state index contributed by atoms with van der Waals surface area (Å²) in [6, 6.07) is 0. The maximum atomic E-state index is 5.42. The summed E-state index contributed by atoms with van der Waals surface area (Å²) >= 11 is 0. The number of hydrogen-bond donors (Lipinski definition) is 0. The molecule has 4 atom stereocenters. The maximum absolute atomic E-state index is 5.42. The topological polar surface area (TPSA) is 0 Å². The summed E-state index contributed by atoms with van der Waals surface area (Å²) in [5.74, 6) is 5.21. The van der Waals surface area contributed by atoms with E-state index in [1.54, 1.807) is 0 Å². The van der Waals surface area contributed by atoms with E-state index in [1.165, 1.54) is 25.7 Å². The van der Waals surface area contributed by atoms with Crippen molar-refractivity contribution in [1.82, 2.24) is 0 Å². The van der Waals surface area contributed by atoms with Gasteiger partial charge < -0.3 is 0 Å². The molecule has 0 amide bonds. The third-order valence-electron chi connectivity index (χ3n) is 3.85. The van der Waals surface area contributed by atoms with Gasteiger partial charge in [-0.25, -0.2) is 0 Å². The van der Waals surface area contributed by atoms with E-state index < -0.39 is 0 Å². The minimum atomic E-state index is 0.346. The summed E-state index contributed by atoms with van der Waals surface area (Å²) < 4.78 is 0. The van der Waals surface area contributed by atoms with Crippen LogP contribution in [0.5, 0.6) is 0 Å². The SMILES string of the molecule is C#CC(C)C(C)C=CC(C)CCCC(C)CC. The van der Waals surface area contributed by atoms with Crippen LogP contribution < -0.4 is 0 Å². The highest BCUT2D eigenvalue weighted by Gasteiger charge is 2.06. The third kappa shape index (κ3) is 8.08. The summed E-state index contributed by atoms with van der Waals surface area (Å²) in [6.45, 7) is 11.2. The second-order valence-corrected chi connectivity index (χ2v) is 5.62. The number of terminal acetylenes is 1. The maximum Gasteiger partial charge on any atom is 0.0232 e. The zero-order chi connectivity index (χ0) is 13.3. The van der Waals surface area contributed by atoms with Crippen molar-refractivity contribution in [3.63, 3.8) is 0 Å². The normalized spacial score (nSPS) is 18.6. The molecule has 0 saturated heterocycles. The molecule has 0 aliphatic rings. The van der Waals surface area contributed by atoms with Crippen LogP contribution in [0.25, 0.3) is 0 Å². The van der Waals surface area contributed by atoms with Crippen molar-refractivity contribution in [2.24, 2.45) is 23.7 Å². The van der Waals surface area contributed by atoms with Crippen molar-refractivity contribution >= 4 is 0 Å². The van der Waals surface area contributed by atoms with Gasteiger partial charge in [-0.15, -0.1) is 12.3 Å². The summed E-state index contributed by atoms with van der Waals surface area (Å²) in [4.78, 5) is 0. The van der Waals surface area contributed by atoms with Gasteiger partial charge in [-0.2, -0.15) is 0 Å². The third-order valence-corrected chi connectivity index (χ3v) is 3.85. The van der Waals surface area contributed by atoms with Gasteiger partial charge in [-0.3, -0.25) is 0 Å². The highest BCUT2D eigenvalue weighted by molar-refractivity contribution is 5.00. The van der Waals surface area contributed by atoms with Gasteiger partial charge in [0.25, 0.3) is 0 Å². The molecule has 0 bridgehead atoms. The molecule has 0 fully saturated rings. The lowest BCUT2D eigenvalue weighted by molar-refractivity contribution is 0.461. The molecule has 0 aromatic rings. The van der Waals surface area contributed by atoms with Gasteiger partial charge in [0.15, 0.2) is 0 Å². The van der Waals surface area contributed by atoms with Gasteiger partial charge >= 0.3 is 0 Å². The van der Waals surface area contributed by atoms with E-state index in [2.05, 4.69) is 52.7 Å². The first-order valence-corrected chi connectivity index (χ1v) is 7.15. The van der Waals surface area contributed by atoms with Crippen LogP contribution in [0, 0.1) is 36.0 Å². The Labute approximate surface area is 109 Å². The minimum absolute atomic E-state index is 0.346. The first-order valence-electron chi connectivity index (χ1n) is 7.15. The fourth-order valence-corrected chi connectivity index (χ4v) is 1.77. The molecule has 17 heavy (non-hydrogen) atoms. The Balaban J connectivity index is 3.82. The van der Waals surface area contributed by atoms with E-state index in [0.29, 0.717) is 17.8 Å². The zero-order valence-corrected chi connectivity index (χ0v) is 12.4. The van der Waals surface area contributed by atoms with Gasteiger partial charge in [0.1, 0.15) is 0 Å². The Morgan fingerprint density at radius 3 is 2.24 bits per heavy atom. The van der Waals surface area contributed by atoms with E-state index in [1.807, 2.05) is 0 Å². The number of allylic oxidation sites excluding steroid dienone is 2. The molecule has 0 aromatic carbocycles. The summed E-state index contributed by atoms with van der Waals surface area (Å²) in [5, 5.41) is 0. The molecule has 0 nitrogen and oxygen atoms in total. The van der Waals surface area contributed by atoms with E-state index in [4.69, 9.17) is 6.42 Å². The molecular weight excluding hydrogens is 204 g/mol. The van der Waals surface area contributed by atoms with Crippen LogP contribution >= 0.6 is 0 Å². The van der Waals surface area contributed by atoms with Crippen LogP contribution in [0.15, 0.2) is 12.2 Å². The van der Waals surface area contributed by atoms with E-state index in [0.717, 1.165) is 5.92 Å². The van der Waals surface area contributed by atoms with Gasteiger partial charge in [-0.1, -0.05) is 66.0 Å². The molecule has 0 radical (unpaired) electrons. The Hall–Kier alpha value is -0.700. The van der Waals surface area contributed by atoms with Gasteiger partial charge in [0, 0.05) is 5.92 Å². The fraction of sp³-hybridized carbons (Fsp3) is 0.765. The molecule has 0 aliphatic heterocycles. The summed E-state index contributed by atoms with van der Waals surface area (Å²) in [6.07, 6.45) is 15.4. The molecule has 4 unspecified atom stereocenters. The monoisotopic (exact) mass is 234 g/mol. The quantitative estimate of drug-likeness (QED) is 0.395. The standard InChI is InChI=1S/C17H30/c1-7-14(3)10-9-11-15(4)12-13-17(6)16(5)8-2/h2,12-17H,7,9-11H2,1,3-6H3. The first-order chi connectivity index (χ1) is 8.01. The molecule has 98 valence electrons. The van der Waals surface area contributed by atoms with E-state index in [9.17, 15) is 0 Å². The van der Waals surface area contributed by atoms with Crippen LogP contribution in [0.1, 0.15) is 60.3 Å². The highest BCUT2D eigenvalue weighted by Crippen LogP contribution is 2.17. The molecule has 0 aromatic heterocycles. The van der Waals surface area contributed by atoms with Crippen molar-refractivity contribution < 1.29 is 0 Å². The van der Waals surface area contributed by atoms with Crippen molar-refractivity contribution in [3.05, 3.63) is 12.2 Å². The largest absolute Gasteiger partial charge is 0.120 e. The van der Waals surface area contributed by atoms with Gasteiger partial charge in [-0.05, 0) is 24.2 Å². The van der Waals surface area contributed by atoms with Crippen LogP contribution in [-0.2, 0) is 0 Å². The fourth-order valence-electron chi connectivity index (χ4n) is 1.77. The molecule has 0 saturated carbocycles. The molecule has 0 spiro atoms. The summed E-state index contributed by atoms with van der Waals surface area (Å²) in [5.41, 5.74) is 0. The Bertz CT molecular complexity index is 243. The second-order valence-electron chi connectivity index (χ2n) is 5.62. The number of hydrogen-bond acceptors (Lipinski definition) is 0. The predicted octanol–water partition coefficient (Wildman–Crippen LogP) is 5.30. The van der Waals surface area contributed by atoms with Gasteiger partial charge in [0.2, 0.25) is 0 Å². The zero-order valence-electron chi connectivity index (χ0n) is 12.4. The molecular formula is C17H30. The van der Waals surface area contributed by atoms with Crippen molar-refractivity contribution in [2.75, 3.05) is 0 Å². The second kappa shape index (κ2) is 9.34. The Morgan fingerprint density at radius 1 is 1.06 bits per heavy atom. The lowest BCUT2D eigenvalue weighted by Gasteiger charge is -2.12.